The third-order valence-corrected chi connectivity index (χ3v) is 3.24. The zero-order chi connectivity index (χ0) is 12.3. The third-order valence-electron chi connectivity index (χ3n) is 3.24. The number of likely N-dealkylation sites (tertiary alicyclic amines) is 1. The van der Waals surface area contributed by atoms with Gasteiger partial charge in [0.15, 0.2) is 0 Å². The molecule has 0 aliphatic carbocycles. The molecule has 1 atom stereocenters. The Bertz CT molecular complexity index is 389. The number of aryl methyl sites for hydroxylation is 1. The highest BCUT2D eigenvalue weighted by atomic mass is 16.2. The first-order chi connectivity index (χ1) is 8.20. The van der Waals surface area contributed by atoms with E-state index in [1.54, 1.807) is 0 Å². The van der Waals surface area contributed by atoms with Gasteiger partial charge in [0, 0.05) is 19.0 Å². The molecule has 94 valence electrons. The van der Waals surface area contributed by atoms with Crippen LogP contribution in [0.5, 0.6) is 0 Å². The fourth-order valence-electron chi connectivity index (χ4n) is 2.08. The van der Waals surface area contributed by atoms with Gasteiger partial charge in [-0.2, -0.15) is 0 Å². The van der Waals surface area contributed by atoms with Crippen LogP contribution in [-0.2, 0) is 6.42 Å². The fraction of sp³-hybridized carbons (Fsp3) is 0.727. The molecule has 1 fully saturated rings. The Labute approximate surface area is 101 Å². The Morgan fingerprint density at radius 3 is 3.06 bits per heavy atom. The average molecular weight is 237 g/mol. The predicted molar refractivity (Wildman–Crippen MR) is 63.7 cm³/mol. The van der Waals surface area contributed by atoms with Crippen LogP contribution in [0.25, 0.3) is 0 Å². The Kier molecular flexibility index (Phi) is 3.73. The van der Waals surface area contributed by atoms with Gasteiger partial charge in [-0.15, -0.1) is 5.10 Å². The highest BCUT2D eigenvalue weighted by molar-refractivity contribution is 5.90. The number of H-pyrrole nitrogens is 1. The van der Waals surface area contributed by atoms with Crippen LogP contribution in [0.3, 0.4) is 0 Å². The van der Waals surface area contributed by atoms with Crippen molar-refractivity contribution in [3.05, 3.63) is 11.6 Å². The summed E-state index contributed by atoms with van der Waals surface area (Å²) in [5.41, 5.74) is 0. The lowest BCUT2D eigenvalue weighted by Gasteiger charge is -2.19. The summed E-state index contributed by atoms with van der Waals surface area (Å²) in [6.45, 7) is 3.75. The molecule has 1 aromatic rings. The van der Waals surface area contributed by atoms with Gasteiger partial charge in [0.2, 0.25) is 5.82 Å². The highest BCUT2D eigenvalue weighted by Crippen LogP contribution is 2.13. The lowest BCUT2D eigenvalue weighted by atomic mass is 10.2. The van der Waals surface area contributed by atoms with E-state index in [1.807, 2.05) is 6.92 Å². The second-order valence-corrected chi connectivity index (χ2v) is 4.45. The molecule has 1 aromatic heterocycles. The minimum atomic E-state index is -0.193. The zero-order valence-electron chi connectivity index (χ0n) is 10.4. The molecule has 0 aromatic carbocycles. The van der Waals surface area contributed by atoms with E-state index in [0.29, 0.717) is 12.6 Å². The number of aromatic nitrogens is 3. The summed E-state index contributed by atoms with van der Waals surface area (Å²) in [6.07, 6.45) is 3.11. The van der Waals surface area contributed by atoms with Crippen LogP contribution in [0.2, 0.25) is 0 Å². The Morgan fingerprint density at radius 2 is 2.47 bits per heavy atom. The molecule has 1 amide bonds. The average Bonchev–Trinajstić information content (AvgIpc) is 2.94. The predicted octanol–water partition coefficient (Wildman–Crippen LogP) is 0.191. The molecule has 1 saturated heterocycles. The number of aromatic amines is 1. The van der Waals surface area contributed by atoms with Crippen molar-refractivity contribution in [1.82, 2.24) is 25.4 Å². The van der Waals surface area contributed by atoms with E-state index in [2.05, 4.69) is 32.4 Å². The topological polar surface area (TPSA) is 73.9 Å². The molecule has 0 radical (unpaired) electrons. The molecule has 0 spiro atoms. The van der Waals surface area contributed by atoms with E-state index in [9.17, 15) is 4.79 Å². The van der Waals surface area contributed by atoms with Crippen LogP contribution in [0.15, 0.2) is 0 Å². The maximum atomic E-state index is 11.8. The third kappa shape index (κ3) is 2.82. The zero-order valence-corrected chi connectivity index (χ0v) is 10.4. The summed E-state index contributed by atoms with van der Waals surface area (Å²) in [5, 5.41) is 9.51. The van der Waals surface area contributed by atoms with Crippen molar-refractivity contribution in [3.63, 3.8) is 0 Å². The lowest BCUT2D eigenvalue weighted by Crippen LogP contribution is -2.38. The van der Waals surface area contributed by atoms with Crippen molar-refractivity contribution in [1.29, 1.82) is 0 Å². The number of carbonyl (C=O) groups excluding carboxylic acids is 1. The van der Waals surface area contributed by atoms with Gasteiger partial charge in [0.25, 0.3) is 5.91 Å². The SMILES string of the molecule is CCc1nc(C(=O)NCC2CCCN2C)n[nH]1. The minimum Gasteiger partial charge on any atom is -0.348 e. The first-order valence-corrected chi connectivity index (χ1v) is 6.10. The van der Waals surface area contributed by atoms with Crippen molar-refractivity contribution in [2.24, 2.45) is 0 Å². The van der Waals surface area contributed by atoms with Crippen LogP contribution in [0.1, 0.15) is 36.2 Å². The smallest absolute Gasteiger partial charge is 0.291 e. The number of rotatable bonds is 4. The molecule has 17 heavy (non-hydrogen) atoms. The van der Waals surface area contributed by atoms with Gasteiger partial charge >= 0.3 is 0 Å². The maximum absolute atomic E-state index is 11.8. The standard InChI is InChI=1S/C11H19N5O/c1-3-9-13-10(15-14-9)11(17)12-7-8-5-4-6-16(8)2/h8H,3-7H2,1-2H3,(H,12,17)(H,13,14,15). The van der Waals surface area contributed by atoms with Crippen molar-refractivity contribution in [2.45, 2.75) is 32.2 Å². The van der Waals surface area contributed by atoms with E-state index >= 15 is 0 Å². The van der Waals surface area contributed by atoms with Crippen molar-refractivity contribution < 1.29 is 4.79 Å². The Morgan fingerprint density at radius 1 is 1.65 bits per heavy atom. The number of nitrogens with one attached hydrogen (secondary N) is 2. The van der Waals surface area contributed by atoms with Gasteiger partial charge in [-0.3, -0.25) is 9.89 Å². The van der Waals surface area contributed by atoms with E-state index in [4.69, 9.17) is 0 Å². The monoisotopic (exact) mass is 237 g/mol. The summed E-state index contributed by atoms with van der Waals surface area (Å²) >= 11 is 0. The van der Waals surface area contributed by atoms with E-state index < -0.39 is 0 Å². The van der Waals surface area contributed by atoms with Gasteiger partial charge < -0.3 is 10.2 Å². The Balaban J connectivity index is 1.84. The summed E-state index contributed by atoms with van der Waals surface area (Å²) < 4.78 is 0. The summed E-state index contributed by atoms with van der Waals surface area (Å²) in [5.74, 6) is 0.789. The van der Waals surface area contributed by atoms with Gasteiger partial charge in [-0.1, -0.05) is 6.92 Å². The molecular weight excluding hydrogens is 218 g/mol. The number of hydrogen-bond acceptors (Lipinski definition) is 4. The molecule has 1 aliphatic heterocycles. The van der Waals surface area contributed by atoms with Crippen LogP contribution in [0, 0.1) is 0 Å². The van der Waals surface area contributed by atoms with Gasteiger partial charge in [-0.05, 0) is 26.4 Å². The first kappa shape index (κ1) is 12.0. The summed E-state index contributed by atoms with van der Waals surface area (Å²) in [6, 6.07) is 0.448. The van der Waals surface area contributed by atoms with E-state index in [1.165, 1.54) is 6.42 Å². The molecule has 6 nitrogen and oxygen atoms in total. The second-order valence-electron chi connectivity index (χ2n) is 4.45. The van der Waals surface area contributed by atoms with Gasteiger partial charge in [0.1, 0.15) is 5.82 Å². The summed E-state index contributed by atoms with van der Waals surface area (Å²) in [4.78, 5) is 18.1. The van der Waals surface area contributed by atoms with Crippen molar-refractivity contribution in [2.75, 3.05) is 20.1 Å². The quantitative estimate of drug-likeness (QED) is 0.784. The van der Waals surface area contributed by atoms with E-state index in [-0.39, 0.29) is 11.7 Å². The normalized spacial score (nSPS) is 20.7. The van der Waals surface area contributed by atoms with Crippen LogP contribution >= 0.6 is 0 Å². The molecular formula is C11H19N5O. The number of nitrogens with zero attached hydrogens (tertiary/aromatic N) is 3. The van der Waals surface area contributed by atoms with Crippen LogP contribution < -0.4 is 5.32 Å². The minimum absolute atomic E-state index is 0.193. The number of carbonyl (C=O) groups is 1. The Hall–Kier alpha value is -1.43. The number of amides is 1. The largest absolute Gasteiger partial charge is 0.348 e. The molecule has 6 heteroatoms. The summed E-state index contributed by atoms with van der Waals surface area (Å²) in [7, 11) is 2.09. The molecule has 1 unspecified atom stereocenters. The molecule has 1 aliphatic rings. The van der Waals surface area contributed by atoms with Crippen molar-refractivity contribution >= 4 is 5.91 Å². The molecule has 0 bridgehead atoms. The molecule has 2 rings (SSSR count). The van der Waals surface area contributed by atoms with Crippen LogP contribution in [0.4, 0.5) is 0 Å². The van der Waals surface area contributed by atoms with Crippen LogP contribution in [-0.4, -0.2) is 52.2 Å². The van der Waals surface area contributed by atoms with Gasteiger partial charge in [0.05, 0.1) is 0 Å². The number of hydrogen-bond donors (Lipinski definition) is 2. The molecule has 2 N–H and O–H groups in total. The highest BCUT2D eigenvalue weighted by Gasteiger charge is 2.22. The van der Waals surface area contributed by atoms with E-state index in [0.717, 1.165) is 25.2 Å². The fourth-order valence-corrected chi connectivity index (χ4v) is 2.08. The molecule has 2 heterocycles. The molecule has 0 saturated carbocycles. The maximum Gasteiger partial charge on any atom is 0.291 e. The second kappa shape index (κ2) is 5.27. The number of likely N-dealkylation sites (N-methyl/N-ethyl adjacent to an activating group) is 1. The van der Waals surface area contributed by atoms with Gasteiger partial charge in [-0.25, -0.2) is 4.98 Å². The lowest BCUT2D eigenvalue weighted by molar-refractivity contribution is 0.0933. The first-order valence-electron chi connectivity index (χ1n) is 6.10. The van der Waals surface area contributed by atoms with Crippen molar-refractivity contribution in [3.8, 4) is 0 Å².